The van der Waals surface area contributed by atoms with Crippen molar-refractivity contribution in [1.82, 2.24) is 5.32 Å². The van der Waals surface area contributed by atoms with Crippen LogP contribution in [0.25, 0.3) is 0 Å². The number of amides is 1. The maximum absolute atomic E-state index is 11.9. The van der Waals surface area contributed by atoms with Crippen molar-refractivity contribution in [2.75, 3.05) is 13.2 Å². The maximum atomic E-state index is 11.9. The molecule has 1 N–H and O–H groups in total. The summed E-state index contributed by atoms with van der Waals surface area (Å²) in [6.45, 7) is 3.70. The monoisotopic (exact) mass is 347 g/mol. The lowest BCUT2D eigenvalue weighted by Gasteiger charge is -2.16. The Bertz CT molecular complexity index is 563. The van der Waals surface area contributed by atoms with Crippen molar-refractivity contribution < 1.29 is 19.1 Å². The fraction of sp³-hybridized carbons (Fsp3) is 0.600. The van der Waals surface area contributed by atoms with E-state index in [-0.39, 0.29) is 25.2 Å². The Morgan fingerprint density at radius 2 is 1.76 bits per heavy atom. The summed E-state index contributed by atoms with van der Waals surface area (Å²) in [5, 5.41) is 2.96. The Labute approximate surface area is 150 Å². The second-order valence-corrected chi connectivity index (χ2v) is 6.90. The van der Waals surface area contributed by atoms with Gasteiger partial charge in [0, 0.05) is 6.04 Å². The first kappa shape index (κ1) is 19.3. The topological polar surface area (TPSA) is 64.6 Å². The van der Waals surface area contributed by atoms with Crippen LogP contribution < -0.4 is 10.1 Å². The van der Waals surface area contributed by atoms with Gasteiger partial charge in [0.15, 0.2) is 13.2 Å². The van der Waals surface area contributed by atoms with Gasteiger partial charge in [0.05, 0.1) is 0 Å². The van der Waals surface area contributed by atoms with E-state index >= 15 is 0 Å². The van der Waals surface area contributed by atoms with Gasteiger partial charge in [-0.1, -0.05) is 57.7 Å². The van der Waals surface area contributed by atoms with Crippen LogP contribution in [0.1, 0.15) is 63.9 Å². The van der Waals surface area contributed by atoms with E-state index in [0.29, 0.717) is 11.7 Å². The highest BCUT2D eigenvalue weighted by atomic mass is 16.6. The van der Waals surface area contributed by atoms with Gasteiger partial charge >= 0.3 is 5.97 Å². The number of carbonyl (C=O) groups excluding carboxylic acids is 2. The molecule has 1 amide bonds. The van der Waals surface area contributed by atoms with Gasteiger partial charge in [0.25, 0.3) is 5.91 Å². The number of rotatable bonds is 7. The summed E-state index contributed by atoms with van der Waals surface area (Å²) in [5.41, 5.74) is 1.04. The van der Waals surface area contributed by atoms with Gasteiger partial charge in [-0.2, -0.15) is 0 Å². The van der Waals surface area contributed by atoms with E-state index in [1.54, 1.807) is 0 Å². The SMILES string of the molecule is CC(C)c1ccccc1OCC(=O)OCC(=O)NC1CCCCCC1. The van der Waals surface area contributed by atoms with Gasteiger partial charge in [-0.05, 0) is 30.4 Å². The molecule has 1 aliphatic rings. The van der Waals surface area contributed by atoms with Gasteiger partial charge in [0.1, 0.15) is 5.75 Å². The summed E-state index contributed by atoms with van der Waals surface area (Å²) in [6, 6.07) is 7.83. The summed E-state index contributed by atoms with van der Waals surface area (Å²) in [6.07, 6.45) is 6.78. The van der Waals surface area contributed by atoms with Crippen molar-refractivity contribution in [3.63, 3.8) is 0 Å². The minimum absolute atomic E-state index is 0.194. The summed E-state index contributed by atoms with van der Waals surface area (Å²) < 4.78 is 10.6. The zero-order chi connectivity index (χ0) is 18.1. The highest BCUT2D eigenvalue weighted by Gasteiger charge is 2.16. The molecule has 0 aliphatic heterocycles. The average Bonchev–Trinajstić information content (AvgIpc) is 2.87. The van der Waals surface area contributed by atoms with Crippen LogP contribution in [0, 0.1) is 0 Å². The summed E-state index contributed by atoms with van der Waals surface area (Å²) in [4.78, 5) is 23.7. The van der Waals surface area contributed by atoms with Crippen molar-refractivity contribution in [3.8, 4) is 5.75 Å². The highest BCUT2D eigenvalue weighted by molar-refractivity contribution is 5.81. The number of esters is 1. The van der Waals surface area contributed by atoms with Crippen LogP contribution in [-0.4, -0.2) is 31.1 Å². The largest absolute Gasteiger partial charge is 0.482 e. The highest BCUT2D eigenvalue weighted by Crippen LogP contribution is 2.25. The molecule has 0 unspecified atom stereocenters. The quantitative estimate of drug-likeness (QED) is 0.605. The first-order valence-electron chi connectivity index (χ1n) is 9.23. The van der Waals surface area contributed by atoms with E-state index in [4.69, 9.17) is 9.47 Å². The molecule has 5 heteroatoms. The summed E-state index contributed by atoms with van der Waals surface area (Å²) >= 11 is 0. The normalized spacial score (nSPS) is 15.5. The van der Waals surface area contributed by atoms with Crippen LogP contribution >= 0.6 is 0 Å². The standard InChI is InChI=1S/C20H29NO4/c1-15(2)17-11-7-8-12-18(17)24-14-20(23)25-13-19(22)21-16-9-5-3-4-6-10-16/h7-8,11-12,15-16H,3-6,9-10,13-14H2,1-2H3,(H,21,22). The number of carbonyl (C=O) groups is 2. The molecule has 0 heterocycles. The molecule has 1 aromatic rings. The van der Waals surface area contributed by atoms with Gasteiger partial charge in [0.2, 0.25) is 0 Å². The van der Waals surface area contributed by atoms with Crippen LogP contribution in [0.3, 0.4) is 0 Å². The number of benzene rings is 1. The third-order valence-electron chi connectivity index (χ3n) is 4.47. The molecule has 2 rings (SSSR count). The number of ether oxygens (including phenoxy) is 2. The Kier molecular flexibility index (Phi) is 7.76. The summed E-state index contributed by atoms with van der Waals surface area (Å²) in [7, 11) is 0. The zero-order valence-corrected chi connectivity index (χ0v) is 15.3. The van der Waals surface area contributed by atoms with Crippen LogP contribution in [0.4, 0.5) is 0 Å². The van der Waals surface area contributed by atoms with E-state index in [1.807, 2.05) is 24.3 Å². The lowest BCUT2D eigenvalue weighted by Crippen LogP contribution is -2.37. The van der Waals surface area contributed by atoms with Gasteiger partial charge in [-0.15, -0.1) is 0 Å². The van der Waals surface area contributed by atoms with Crippen molar-refractivity contribution in [2.24, 2.45) is 0 Å². The second kappa shape index (κ2) is 10.1. The first-order chi connectivity index (χ1) is 12.1. The van der Waals surface area contributed by atoms with Crippen LogP contribution in [0.5, 0.6) is 5.75 Å². The fourth-order valence-corrected chi connectivity index (χ4v) is 3.11. The molecule has 1 fully saturated rings. The zero-order valence-electron chi connectivity index (χ0n) is 15.3. The lowest BCUT2D eigenvalue weighted by molar-refractivity contribution is -0.150. The Hall–Kier alpha value is -2.04. The molecule has 0 saturated heterocycles. The Morgan fingerprint density at radius 3 is 2.44 bits per heavy atom. The molecule has 0 bridgehead atoms. The molecule has 0 aromatic heterocycles. The van der Waals surface area contributed by atoms with Gasteiger partial charge in [-0.3, -0.25) is 4.79 Å². The van der Waals surface area contributed by atoms with Crippen LogP contribution in [0.2, 0.25) is 0 Å². The van der Waals surface area contributed by atoms with Crippen LogP contribution in [-0.2, 0) is 14.3 Å². The first-order valence-corrected chi connectivity index (χ1v) is 9.23. The molecule has 138 valence electrons. The number of hydrogen-bond donors (Lipinski definition) is 1. The maximum Gasteiger partial charge on any atom is 0.344 e. The van der Waals surface area contributed by atoms with Gasteiger partial charge < -0.3 is 14.8 Å². The van der Waals surface area contributed by atoms with E-state index in [1.165, 1.54) is 12.8 Å². The molecule has 1 aromatic carbocycles. The van der Waals surface area contributed by atoms with Gasteiger partial charge in [-0.25, -0.2) is 4.79 Å². The third kappa shape index (κ3) is 6.77. The number of hydrogen-bond acceptors (Lipinski definition) is 4. The minimum atomic E-state index is -0.533. The van der Waals surface area contributed by atoms with E-state index in [9.17, 15) is 9.59 Å². The smallest absolute Gasteiger partial charge is 0.344 e. The molecule has 1 saturated carbocycles. The van der Waals surface area contributed by atoms with E-state index in [0.717, 1.165) is 31.2 Å². The van der Waals surface area contributed by atoms with Crippen molar-refractivity contribution >= 4 is 11.9 Å². The summed E-state index contributed by atoms with van der Waals surface area (Å²) in [5.74, 6) is 0.215. The third-order valence-corrected chi connectivity index (χ3v) is 4.47. The lowest BCUT2D eigenvalue weighted by atomic mass is 10.0. The molecule has 0 spiro atoms. The van der Waals surface area contributed by atoms with Crippen molar-refractivity contribution in [3.05, 3.63) is 29.8 Å². The molecule has 25 heavy (non-hydrogen) atoms. The fourth-order valence-electron chi connectivity index (χ4n) is 3.11. The van der Waals surface area contributed by atoms with Crippen molar-refractivity contribution in [2.45, 2.75) is 64.3 Å². The van der Waals surface area contributed by atoms with Crippen molar-refractivity contribution in [1.29, 1.82) is 0 Å². The molecule has 5 nitrogen and oxygen atoms in total. The second-order valence-electron chi connectivity index (χ2n) is 6.90. The predicted octanol–water partition coefficient (Wildman–Crippen LogP) is 3.57. The average molecular weight is 347 g/mol. The Balaban J connectivity index is 1.71. The predicted molar refractivity (Wildman–Crippen MR) is 96.6 cm³/mol. The van der Waals surface area contributed by atoms with E-state index in [2.05, 4.69) is 19.2 Å². The number of para-hydroxylation sites is 1. The van der Waals surface area contributed by atoms with E-state index < -0.39 is 5.97 Å². The molecule has 1 aliphatic carbocycles. The molecule has 0 atom stereocenters. The minimum Gasteiger partial charge on any atom is -0.482 e. The van der Waals surface area contributed by atoms with Crippen LogP contribution in [0.15, 0.2) is 24.3 Å². The molecular weight excluding hydrogens is 318 g/mol. The Morgan fingerprint density at radius 1 is 1.08 bits per heavy atom. The molecule has 0 radical (unpaired) electrons. The number of nitrogens with one attached hydrogen (secondary N) is 1. The molecular formula is C20H29NO4.